The fourth-order valence-electron chi connectivity index (χ4n) is 1.88. The third-order valence-corrected chi connectivity index (χ3v) is 2.72. The molecule has 0 bridgehead atoms. The van der Waals surface area contributed by atoms with Gasteiger partial charge < -0.3 is 10.1 Å². The van der Waals surface area contributed by atoms with Crippen LogP contribution in [0.1, 0.15) is 10.4 Å². The molecule has 0 atom stereocenters. The van der Waals surface area contributed by atoms with Gasteiger partial charge in [0.1, 0.15) is 11.3 Å². The lowest BCUT2D eigenvalue weighted by Crippen LogP contribution is -1.96. The van der Waals surface area contributed by atoms with Crippen LogP contribution in [0.15, 0.2) is 30.6 Å². The van der Waals surface area contributed by atoms with Gasteiger partial charge in [-0.25, -0.2) is 9.78 Å². The maximum atomic E-state index is 11.1. The first-order chi connectivity index (χ1) is 8.65. The molecule has 2 heterocycles. The van der Waals surface area contributed by atoms with E-state index >= 15 is 0 Å². The summed E-state index contributed by atoms with van der Waals surface area (Å²) >= 11 is 0. The van der Waals surface area contributed by atoms with Crippen LogP contribution in [0.5, 0.6) is 0 Å². The van der Waals surface area contributed by atoms with Crippen molar-refractivity contribution in [3.8, 4) is 11.4 Å². The van der Waals surface area contributed by atoms with Crippen LogP contribution in [0, 0.1) is 0 Å². The van der Waals surface area contributed by atoms with Crippen LogP contribution in [0.3, 0.4) is 0 Å². The van der Waals surface area contributed by atoms with E-state index in [1.807, 2.05) is 13.2 Å². The lowest BCUT2D eigenvalue weighted by molar-refractivity contribution is 0.0699. The van der Waals surface area contributed by atoms with E-state index in [0.717, 1.165) is 5.56 Å². The normalized spacial score (nSPS) is 10.9. The molecule has 0 fully saturated rings. The molecule has 0 aliphatic carbocycles. The van der Waals surface area contributed by atoms with Crippen LogP contribution in [0.2, 0.25) is 0 Å². The smallest absolute Gasteiger partial charge is 0.337 e. The number of fused-ring (bicyclic) bond motifs is 1. The minimum atomic E-state index is -0.982. The first-order valence-electron chi connectivity index (χ1n) is 5.36. The highest BCUT2D eigenvalue weighted by molar-refractivity contribution is 6.01. The molecule has 0 saturated heterocycles. The lowest BCUT2D eigenvalue weighted by atomic mass is 10.2. The van der Waals surface area contributed by atoms with Crippen molar-refractivity contribution in [1.29, 1.82) is 0 Å². The number of aromatic nitrogens is 4. The molecule has 0 aliphatic heterocycles. The largest absolute Gasteiger partial charge is 0.478 e. The van der Waals surface area contributed by atoms with E-state index in [1.165, 1.54) is 0 Å². The van der Waals surface area contributed by atoms with Gasteiger partial charge >= 0.3 is 5.97 Å². The SMILES string of the molecule is Cn1cc(-c2nc3c(C(=O)O)cccc3[nH]2)cn1. The van der Waals surface area contributed by atoms with Gasteiger partial charge in [-0.3, -0.25) is 4.68 Å². The second-order valence-corrected chi connectivity index (χ2v) is 3.99. The maximum absolute atomic E-state index is 11.1. The number of para-hydroxylation sites is 1. The second-order valence-electron chi connectivity index (χ2n) is 3.99. The predicted octanol–water partition coefficient (Wildman–Crippen LogP) is 1.66. The van der Waals surface area contributed by atoms with Gasteiger partial charge in [0, 0.05) is 13.2 Å². The fourth-order valence-corrected chi connectivity index (χ4v) is 1.88. The van der Waals surface area contributed by atoms with Crippen molar-refractivity contribution in [3.63, 3.8) is 0 Å². The summed E-state index contributed by atoms with van der Waals surface area (Å²) in [7, 11) is 1.81. The van der Waals surface area contributed by atoms with Crippen molar-refractivity contribution >= 4 is 17.0 Å². The molecule has 6 nitrogen and oxygen atoms in total. The van der Waals surface area contributed by atoms with Gasteiger partial charge in [0.05, 0.1) is 22.8 Å². The fraction of sp³-hybridized carbons (Fsp3) is 0.0833. The minimum Gasteiger partial charge on any atom is -0.478 e. The number of carboxylic acid groups (broad SMARTS) is 1. The molecule has 6 heteroatoms. The number of benzene rings is 1. The summed E-state index contributed by atoms with van der Waals surface area (Å²) in [6.45, 7) is 0. The maximum Gasteiger partial charge on any atom is 0.337 e. The standard InChI is InChI=1S/C12H10N4O2/c1-16-6-7(5-13-16)11-14-9-4-2-3-8(12(17)18)10(9)15-11/h2-6H,1H3,(H,14,15)(H,17,18). The Labute approximate surface area is 102 Å². The molecular weight excluding hydrogens is 232 g/mol. The van der Waals surface area contributed by atoms with Crippen LogP contribution < -0.4 is 0 Å². The number of hydrogen-bond acceptors (Lipinski definition) is 3. The molecule has 0 spiro atoms. The highest BCUT2D eigenvalue weighted by Gasteiger charge is 2.13. The highest BCUT2D eigenvalue weighted by Crippen LogP contribution is 2.22. The van der Waals surface area contributed by atoms with Crippen molar-refractivity contribution < 1.29 is 9.90 Å². The molecule has 90 valence electrons. The Morgan fingerprint density at radius 3 is 2.94 bits per heavy atom. The van der Waals surface area contributed by atoms with E-state index in [1.54, 1.807) is 29.1 Å². The zero-order valence-electron chi connectivity index (χ0n) is 9.58. The number of aryl methyl sites for hydroxylation is 1. The summed E-state index contributed by atoms with van der Waals surface area (Å²) in [6.07, 6.45) is 3.50. The number of carbonyl (C=O) groups is 1. The van der Waals surface area contributed by atoms with Crippen LogP contribution in [-0.4, -0.2) is 30.8 Å². The molecule has 0 unspecified atom stereocenters. The van der Waals surface area contributed by atoms with E-state index < -0.39 is 5.97 Å². The quantitative estimate of drug-likeness (QED) is 0.715. The molecule has 0 amide bonds. The second kappa shape index (κ2) is 3.69. The zero-order valence-corrected chi connectivity index (χ0v) is 9.58. The van der Waals surface area contributed by atoms with Gasteiger partial charge in [0.25, 0.3) is 0 Å². The first-order valence-corrected chi connectivity index (χ1v) is 5.36. The summed E-state index contributed by atoms with van der Waals surface area (Å²) in [5.41, 5.74) is 2.18. The molecule has 0 saturated carbocycles. The van der Waals surface area contributed by atoms with E-state index in [2.05, 4.69) is 15.1 Å². The Kier molecular flexibility index (Phi) is 2.16. The zero-order chi connectivity index (χ0) is 12.7. The summed E-state index contributed by atoms with van der Waals surface area (Å²) in [4.78, 5) is 18.5. The number of hydrogen-bond donors (Lipinski definition) is 2. The summed E-state index contributed by atoms with van der Waals surface area (Å²) in [5.74, 6) is -0.364. The van der Waals surface area contributed by atoms with Crippen LogP contribution >= 0.6 is 0 Å². The molecule has 3 aromatic rings. The summed E-state index contributed by atoms with van der Waals surface area (Å²) in [5, 5.41) is 13.2. The molecule has 0 radical (unpaired) electrons. The van der Waals surface area contributed by atoms with E-state index in [9.17, 15) is 4.79 Å². The van der Waals surface area contributed by atoms with E-state index in [-0.39, 0.29) is 5.56 Å². The molecule has 1 aromatic carbocycles. The van der Waals surface area contributed by atoms with Crippen molar-refractivity contribution in [3.05, 3.63) is 36.2 Å². The predicted molar refractivity (Wildman–Crippen MR) is 65.3 cm³/mol. The van der Waals surface area contributed by atoms with Crippen LogP contribution in [0.25, 0.3) is 22.4 Å². The lowest BCUT2D eigenvalue weighted by Gasteiger charge is -1.93. The van der Waals surface area contributed by atoms with E-state index in [0.29, 0.717) is 16.9 Å². The number of rotatable bonds is 2. The van der Waals surface area contributed by atoms with Crippen molar-refractivity contribution in [2.45, 2.75) is 0 Å². The average Bonchev–Trinajstić information content (AvgIpc) is 2.93. The van der Waals surface area contributed by atoms with Gasteiger partial charge in [-0.05, 0) is 12.1 Å². The molecule has 2 aromatic heterocycles. The Bertz CT molecular complexity index is 741. The van der Waals surface area contributed by atoms with Crippen LogP contribution in [-0.2, 0) is 7.05 Å². The molecule has 2 N–H and O–H groups in total. The van der Waals surface area contributed by atoms with Crippen molar-refractivity contribution in [2.75, 3.05) is 0 Å². The monoisotopic (exact) mass is 242 g/mol. The molecule has 18 heavy (non-hydrogen) atoms. The number of imidazole rings is 1. The van der Waals surface area contributed by atoms with Crippen LogP contribution in [0.4, 0.5) is 0 Å². The minimum absolute atomic E-state index is 0.193. The summed E-state index contributed by atoms with van der Waals surface area (Å²) < 4.78 is 1.67. The molecular formula is C12H10N4O2. The van der Waals surface area contributed by atoms with Gasteiger partial charge in [0.2, 0.25) is 0 Å². The number of nitrogens with one attached hydrogen (secondary N) is 1. The Balaban J connectivity index is 2.22. The van der Waals surface area contributed by atoms with Gasteiger partial charge in [-0.1, -0.05) is 6.07 Å². The first kappa shape index (κ1) is 10.5. The van der Waals surface area contributed by atoms with Crippen molar-refractivity contribution in [2.24, 2.45) is 7.05 Å². The van der Waals surface area contributed by atoms with Crippen molar-refractivity contribution in [1.82, 2.24) is 19.7 Å². The number of carboxylic acids is 1. The Morgan fingerprint density at radius 1 is 1.44 bits per heavy atom. The third kappa shape index (κ3) is 1.55. The van der Waals surface area contributed by atoms with Gasteiger partial charge in [-0.2, -0.15) is 5.10 Å². The molecule has 0 aliphatic rings. The Hall–Kier alpha value is -2.63. The topological polar surface area (TPSA) is 83.8 Å². The number of nitrogens with zero attached hydrogens (tertiary/aromatic N) is 3. The third-order valence-electron chi connectivity index (χ3n) is 2.72. The van der Waals surface area contributed by atoms with Gasteiger partial charge in [-0.15, -0.1) is 0 Å². The number of aromatic amines is 1. The molecule has 3 rings (SSSR count). The highest BCUT2D eigenvalue weighted by atomic mass is 16.4. The van der Waals surface area contributed by atoms with Gasteiger partial charge in [0.15, 0.2) is 0 Å². The number of H-pyrrole nitrogens is 1. The van der Waals surface area contributed by atoms with E-state index in [4.69, 9.17) is 5.11 Å². The number of aromatic carboxylic acids is 1. The summed E-state index contributed by atoms with van der Waals surface area (Å²) in [6, 6.07) is 5.03. The Morgan fingerprint density at radius 2 is 2.28 bits per heavy atom. The average molecular weight is 242 g/mol.